The van der Waals surface area contributed by atoms with Gasteiger partial charge in [-0.3, -0.25) is 9.36 Å². The van der Waals surface area contributed by atoms with Crippen molar-refractivity contribution in [1.29, 1.82) is 0 Å². The fraction of sp³-hybridized carbons (Fsp3) is 0.379. The molecule has 0 atom stereocenters. The zero-order chi connectivity index (χ0) is 25.3. The van der Waals surface area contributed by atoms with Gasteiger partial charge < -0.3 is 9.47 Å². The van der Waals surface area contributed by atoms with Crippen LogP contribution in [-0.4, -0.2) is 21.3 Å². The first-order valence-corrected chi connectivity index (χ1v) is 14.2. The Labute approximate surface area is 220 Å². The minimum atomic E-state index is -0.277. The molecule has 0 amide bonds. The predicted molar refractivity (Wildman–Crippen MR) is 148 cm³/mol. The Hall–Kier alpha value is -2.61. The number of aryl methyl sites for hydroxylation is 1. The minimum absolute atomic E-state index is 0.0642. The second-order valence-corrected chi connectivity index (χ2v) is 12.1. The van der Waals surface area contributed by atoms with Crippen molar-refractivity contribution in [2.45, 2.75) is 76.3 Å². The van der Waals surface area contributed by atoms with Crippen LogP contribution in [-0.2, 0) is 36.5 Å². The second kappa shape index (κ2) is 10.4. The predicted octanol–water partition coefficient (Wildman–Crippen LogP) is 6.63. The molecule has 1 aliphatic rings. The molecule has 0 saturated carbocycles. The van der Waals surface area contributed by atoms with Gasteiger partial charge in [-0.2, -0.15) is 0 Å². The number of nitrogens with zero attached hydrogens (tertiary/aromatic N) is 2. The van der Waals surface area contributed by atoms with Crippen molar-refractivity contribution in [2.75, 3.05) is 0 Å². The lowest BCUT2D eigenvalue weighted by Crippen LogP contribution is -2.32. The number of hydrogen-bond donors (Lipinski definition) is 0. The zero-order valence-electron chi connectivity index (χ0n) is 21.2. The molecule has 0 saturated heterocycles. The summed E-state index contributed by atoms with van der Waals surface area (Å²) in [5.41, 5.74) is 3.29. The Morgan fingerprint density at radius 1 is 1.11 bits per heavy atom. The van der Waals surface area contributed by atoms with Gasteiger partial charge in [-0.1, -0.05) is 54.2 Å². The first-order valence-electron chi connectivity index (χ1n) is 12.4. The van der Waals surface area contributed by atoms with E-state index in [-0.39, 0.29) is 17.3 Å². The van der Waals surface area contributed by atoms with Crippen LogP contribution in [0.2, 0.25) is 0 Å². The second-order valence-electron chi connectivity index (χ2n) is 10.1. The molecule has 7 heteroatoms. The molecule has 0 radical (unpaired) electrons. The summed E-state index contributed by atoms with van der Waals surface area (Å²) >= 11 is 3.22. The quantitative estimate of drug-likeness (QED) is 0.193. The van der Waals surface area contributed by atoms with E-state index in [1.807, 2.05) is 48.7 Å². The fourth-order valence-electron chi connectivity index (χ4n) is 4.48. The van der Waals surface area contributed by atoms with E-state index in [0.717, 1.165) is 50.2 Å². The van der Waals surface area contributed by atoms with Crippen LogP contribution in [0.15, 0.2) is 64.5 Å². The van der Waals surface area contributed by atoms with Crippen LogP contribution in [0.25, 0.3) is 10.2 Å². The molecular formula is C29H32N2O3S2. The molecule has 3 heterocycles. The van der Waals surface area contributed by atoms with Crippen molar-refractivity contribution >= 4 is 33.3 Å². The number of thioether (sulfide) groups is 1. The Kier molecular flexibility index (Phi) is 7.24. The smallest absolute Gasteiger partial charge is 0.263 e. The average molecular weight is 521 g/mol. The van der Waals surface area contributed by atoms with Crippen molar-refractivity contribution in [1.82, 2.24) is 9.55 Å². The van der Waals surface area contributed by atoms with Crippen LogP contribution in [0.5, 0.6) is 5.75 Å². The van der Waals surface area contributed by atoms with E-state index in [0.29, 0.717) is 13.2 Å². The summed E-state index contributed by atoms with van der Waals surface area (Å²) in [6.07, 6.45) is 1.66. The lowest BCUT2D eigenvalue weighted by Gasteiger charge is -2.29. The monoisotopic (exact) mass is 520 g/mol. The molecule has 5 rings (SSSR count). The summed E-state index contributed by atoms with van der Waals surface area (Å²) in [6, 6.07) is 18.5. The first kappa shape index (κ1) is 25.1. The summed E-state index contributed by atoms with van der Waals surface area (Å²) in [6.45, 7) is 9.36. The Bertz CT molecular complexity index is 1410. The van der Waals surface area contributed by atoms with Crippen LogP contribution in [0.4, 0.5) is 0 Å². The maximum atomic E-state index is 13.9. The first-order chi connectivity index (χ1) is 17.3. The van der Waals surface area contributed by atoms with Crippen molar-refractivity contribution < 1.29 is 9.47 Å². The Morgan fingerprint density at radius 2 is 1.86 bits per heavy atom. The number of rotatable bonds is 8. The van der Waals surface area contributed by atoms with E-state index in [9.17, 15) is 4.79 Å². The van der Waals surface area contributed by atoms with Crippen LogP contribution < -0.4 is 10.3 Å². The molecule has 188 valence electrons. The highest BCUT2D eigenvalue weighted by Crippen LogP contribution is 2.37. The molecule has 5 nitrogen and oxygen atoms in total. The van der Waals surface area contributed by atoms with E-state index < -0.39 is 0 Å². The van der Waals surface area contributed by atoms with Gasteiger partial charge in [0.25, 0.3) is 5.56 Å². The van der Waals surface area contributed by atoms with Gasteiger partial charge in [0.2, 0.25) is 0 Å². The highest BCUT2D eigenvalue weighted by molar-refractivity contribution is 7.98. The SMILES string of the molecule is CC(C)Oc1ccc(CSc2nc3sc4c(c3c(=O)n2CCc2ccccc2)CC(C)(C)OC4)cc1. The van der Waals surface area contributed by atoms with Gasteiger partial charge in [0, 0.05) is 23.6 Å². The van der Waals surface area contributed by atoms with Crippen molar-refractivity contribution in [3.8, 4) is 5.75 Å². The molecule has 1 aliphatic heterocycles. The Balaban J connectivity index is 1.48. The van der Waals surface area contributed by atoms with Crippen LogP contribution in [0.3, 0.4) is 0 Å². The molecule has 2 aromatic heterocycles. The lowest BCUT2D eigenvalue weighted by molar-refractivity contribution is -0.0379. The molecule has 36 heavy (non-hydrogen) atoms. The number of fused-ring (bicyclic) bond motifs is 3. The van der Waals surface area contributed by atoms with E-state index in [1.54, 1.807) is 23.1 Å². The van der Waals surface area contributed by atoms with E-state index in [2.05, 4.69) is 38.1 Å². The third-order valence-corrected chi connectivity index (χ3v) is 8.43. The number of benzene rings is 2. The minimum Gasteiger partial charge on any atom is -0.491 e. The zero-order valence-corrected chi connectivity index (χ0v) is 22.9. The van der Waals surface area contributed by atoms with E-state index in [1.165, 1.54) is 11.1 Å². The average Bonchev–Trinajstić information content (AvgIpc) is 3.20. The summed E-state index contributed by atoms with van der Waals surface area (Å²) in [7, 11) is 0. The molecule has 0 N–H and O–H groups in total. The molecule has 0 fully saturated rings. The summed E-state index contributed by atoms with van der Waals surface area (Å²) in [5.74, 6) is 1.60. The molecule has 4 aromatic rings. The number of hydrogen-bond acceptors (Lipinski definition) is 6. The van der Waals surface area contributed by atoms with Gasteiger partial charge in [-0.25, -0.2) is 4.98 Å². The third-order valence-electron chi connectivity index (χ3n) is 6.29. The molecule has 0 spiro atoms. The largest absolute Gasteiger partial charge is 0.491 e. The molecule has 0 aliphatic carbocycles. The number of aromatic nitrogens is 2. The van der Waals surface area contributed by atoms with Crippen LogP contribution in [0.1, 0.15) is 49.3 Å². The maximum Gasteiger partial charge on any atom is 0.263 e. The number of thiophene rings is 1. The van der Waals surface area contributed by atoms with E-state index in [4.69, 9.17) is 14.5 Å². The molecule has 0 bridgehead atoms. The standard InChI is InChI=1S/C29H32N2O3S2/c1-19(2)34-22-12-10-21(11-13-22)18-35-28-30-26-25(23-16-29(3,4)33-17-24(23)36-26)27(32)31(28)15-14-20-8-6-5-7-9-20/h5-13,19H,14-18H2,1-4H3. The normalized spacial score (nSPS) is 14.8. The third kappa shape index (κ3) is 5.53. The summed E-state index contributed by atoms with van der Waals surface area (Å²) in [4.78, 5) is 20.9. The van der Waals surface area contributed by atoms with Gasteiger partial charge in [0.05, 0.1) is 23.7 Å². The fourth-order valence-corrected chi connectivity index (χ4v) is 6.61. The van der Waals surface area contributed by atoms with Gasteiger partial charge in [0.15, 0.2) is 5.16 Å². The summed E-state index contributed by atoms with van der Waals surface area (Å²) < 4.78 is 13.7. The molecule has 2 aromatic carbocycles. The van der Waals surface area contributed by atoms with Crippen LogP contribution >= 0.6 is 23.1 Å². The van der Waals surface area contributed by atoms with Gasteiger partial charge in [-0.15, -0.1) is 11.3 Å². The maximum absolute atomic E-state index is 13.9. The van der Waals surface area contributed by atoms with Gasteiger partial charge >= 0.3 is 0 Å². The Morgan fingerprint density at radius 3 is 2.58 bits per heavy atom. The topological polar surface area (TPSA) is 53.3 Å². The lowest BCUT2D eigenvalue weighted by atomic mass is 9.94. The molecule has 0 unspecified atom stereocenters. The molecular weight excluding hydrogens is 488 g/mol. The highest BCUT2D eigenvalue weighted by Gasteiger charge is 2.31. The van der Waals surface area contributed by atoms with Crippen molar-refractivity contribution in [2.24, 2.45) is 0 Å². The van der Waals surface area contributed by atoms with Crippen molar-refractivity contribution in [3.63, 3.8) is 0 Å². The van der Waals surface area contributed by atoms with Crippen molar-refractivity contribution in [3.05, 3.63) is 86.5 Å². The van der Waals surface area contributed by atoms with Crippen LogP contribution in [0, 0.1) is 0 Å². The van der Waals surface area contributed by atoms with E-state index >= 15 is 0 Å². The number of ether oxygens (including phenoxy) is 2. The van der Waals surface area contributed by atoms with Gasteiger partial charge in [-0.05, 0) is 62.9 Å². The summed E-state index contributed by atoms with van der Waals surface area (Å²) in [5, 5.41) is 1.55. The van der Waals surface area contributed by atoms with Gasteiger partial charge in [0.1, 0.15) is 10.6 Å². The highest BCUT2D eigenvalue weighted by atomic mass is 32.2.